The quantitative estimate of drug-likeness (QED) is 0.715. The van der Waals surface area contributed by atoms with E-state index in [1.165, 1.54) is 23.0 Å². The van der Waals surface area contributed by atoms with Gasteiger partial charge in [0, 0.05) is 5.56 Å². The summed E-state index contributed by atoms with van der Waals surface area (Å²) in [7, 11) is 4.62. The zero-order valence-electron chi connectivity index (χ0n) is 13.0. The normalized spacial score (nSPS) is 10.8. The number of fused-ring (bicyclic) bond motifs is 1. The average Bonchev–Trinajstić information content (AvgIpc) is 3.01. The number of aryl methyl sites for hydroxylation is 1. The summed E-state index contributed by atoms with van der Waals surface area (Å²) in [5.41, 5.74) is 0.737. The minimum absolute atomic E-state index is 0.287. The fourth-order valence-corrected chi connectivity index (χ4v) is 2.94. The molecule has 0 atom stereocenters. The third-order valence-corrected chi connectivity index (χ3v) is 4.21. The van der Waals surface area contributed by atoms with Crippen molar-refractivity contribution in [1.82, 2.24) is 19.8 Å². The lowest BCUT2D eigenvalue weighted by molar-refractivity contribution is 0.324. The Kier molecular flexibility index (Phi) is 3.87. The largest absolute Gasteiger partial charge is 0.493 e. The van der Waals surface area contributed by atoms with Gasteiger partial charge in [0.1, 0.15) is 10.7 Å². The van der Waals surface area contributed by atoms with E-state index in [2.05, 4.69) is 15.3 Å². The number of methoxy groups -OCH3 is 3. The second-order valence-corrected chi connectivity index (χ2v) is 5.56. The van der Waals surface area contributed by atoms with Crippen LogP contribution in [0.15, 0.2) is 16.9 Å². The summed E-state index contributed by atoms with van der Waals surface area (Å²) in [5, 5.41) is 12.7. The van der Waals surface area contributed by atoms with Gasteiger partial charge >= 0.3 is 0 Å². The van der Waals surface area contributed by atoms with Gasteiger partial charge in [0.2, 0.25) is 10.7 Å². The van der Waals surface area contributed by atoms with Gasteiger partial charge in [-0.3, -0.25) is 4.79 Å². The lowest BCUT2D eigenvalue weighted by Crippen LogP contribution is -2.19. The molecule has 0 unspecified atom stereocenters. The Morgan fingerprint density at radius 1 is 1.04 bits per heavy atom. The number of ether oxygens (including phenoxy) is 3. The maximum absolute atomic E-state index is 12.1. The summed E-state index contributed by atoms with van der Waals surface area (Å²) in [6.45, 7) is 1.60. The van der Waals surface area contributed by atoms with Crippen molar-refractivity contribution in [2.45, 2.75) is 6.92 Å². The zero-order valence-corrected chi connectivity index (χ0v) is 13.8. The summed E-state index contributed by atoms with van der Waals surface area (Å²) in [4.78, 5) is 12.5. The van der Waals surface area contributed by atoms with Gasteiger partial charge < -0.3 is 14.2 Å². The maximum atomic E-state index is 12.1. The molecule has 0 bridgehead atoms. The van der Waals surface area contributed by atoms with Gasteiger partial charge in [0.05, 0.1) is 21.3 Å². The predicted octanol–water partition coefficient (Wildman–Crippen LogP) is 1.55. The van der Waals surface area contributed by atoms with E-state index in [1.54, 1.807) is 33.3 Å². The predicted molar refractivity (Wildman–Crippen MR) is 84.8 cm³/mol. The highest BCUT2D eigenvalue weighted by molar-refractivity contribution is 7.19. The van der Waals surface area contributed by atoms with Crippen molar-refractivity contribution >= 4 is 16.3 Å². The van der Waals surface area contributed by atoms with Crippen molar-refractivity contribution in [3.05, 3.63) is 28.2 Å². The van der Waals surface area contributed by atoms with Gasteiger partial charge in [-0.15, -0.1) is 10.2 Å². The van der Waals surface area contributed by atoms with Gasteiger partial charge in [-0.05, 0) is 19.1 Å². The molecule has 0 aliphatic carbocycles. The summed E-state index contributed by atoms with van der Waals surface area (Å²) in [6.07, 6.45) is 0. The number of hydrogen-bond acceptors (Lipinski definition) is 8. The standard InChI is InChI=1S/C14H14N4O4S/c1-7-13(19)18-14(16-15-7)23-12(17-18)8-5-9(20-2)11(22-4)10(6-8)21-3/h5-6H,1-4H3. The van der Waals surface area contributed by atoms with Crippen molar-refractivity contribution in [2.75, 3.05) is 21.3 Å². The lowest BCUT2D eigenvalue weighted by atomic mass is 10.2. The average molecular weight is 334 g/mol. The van der Waals surface area contributed by atoms with Crippen LogP contribution in [0.5, 0.6) is 17.2 Å². The molecular weight excluding hydrogens is 320 g/mol. The van der Waals surface area contributed by atoms with Crippen LogP contribution in [0.4, 0.5) is 0 Å². The van der Waals surface area contributed by atoms with Gasteiger partial charge in [-0.1, -0.05) is 11.3 Å². The molecule has 0 amide bonds. The number of nitrogens with zero attached hydrogens (tertiary/aromatic N) is 4. The van der Waals surface area contributed by atoms with Gasteiger partial charge in [-0.25, -0.2) is 0 Å². The molecule has 120 valence electrons. The first-order chi connectivity index (χ1) is 11.1. The molecule has 23 heavy (non-hydrogen) atoms. The van der Waals surface area contributed by atoms with E-state index in [4.69, 9.17) is 14.2 Å². The molecule has 2 aromatic heterocycles. The van der Waals surface area contributed by atoms with E-state index < -0.39 is 0 Å². The van der Waals surface area contributed by atoms with Crippen LogP contribution in [0.25, 0.3) is 15.5 Å². The second kappa shape index (κ2) is 5.84. The monoisotopic (exact) mass is 334 g/mol. The van der Waals surface area contributed by atoms with Crippen LogP contribution in [-0.4, -0.2) is 41.1 Å². The van der Waals surface area contributed by atoms with Crippen molar-refractivity contribution in [3.8, 4) is 27.8 Å². The van der Waals surface area contributed by atoms with Crippen LogP contribution in [0, 0.1) is 6.92 Å². The highest BCUT2D eigenvalue weighted by Crippen LogP contribution is 2.41. The van der Waals surface area contributed by atoms with Crippen LogP contribution in [0.3, 0.4) is 0 Å². The van der Waals surface area contributed by atoms with E-state index in [0.29, 0.717) is 32.9 Å². The molecule has 3 rings (SSSR count). The number of benzene rings is 1. The molecule has 0 aliphatic rings. The van der Waals surface area contributed by atoms with E-state index in [0.717, 1.165) is 5.56 Å². The van der Waals surface area contributed by atoms with Crippen LogP contribution >= 0.6 is 11.3 Å². The first kappa shape index (κ1) is 15.2. The Bertz CT molecular complexity index is 909. The minimum Gasteiger partial charge on any atom is -0.493 e. The van der Waals surface area contributed by atoms with Crippen molar-refractivity contribution < 1.29 is 14.2 Å². The Morgan fingerprint density at radius 2 is 1.70 bits per heavy atom. The second-order valence-electron chi connectivity index (χ2n) is 4.61. The van der Waals surface area contributed by atoms with E-state index in [1.807, 2.05) is 0 Å². The molecule has 0 N–H and O–H groups in total. The maximum Gasteiger partial charge on any atom is 0.296 e. The molecule has 9 heteroatoms. The first-order valence-corrected chi connectivity index (χ1v) is 7.44. The van der Waals surface area contributed by atoms with Gasteiger partial charge in [-0.2, -0.15) is 9.61 Å². The molecule has 0 radical (unpaired) electrons. The highest BCUT2D eigenvalue weighted by atomic mass is 32.1. The third-order valence-electron chi connectivity index (χ3n) is 3.26. The van der Waals surface area contributed by atoms with E-state index in [-0.39, 0.29) is 5.56 Å². The van der Waals surface area contributed by atoms with E-state index in [9.17, 15) is 4.79 Å². The van der Waals surface area contributed by atoms with Gasteiger partial charge in [0.25, 0.3) is 5.56 Å². The Hall–Kier alpha value is -2.68. The van der Waals surface area contributed by atoms with Crippen LogP contribution in [0.2, 0.25) is 0 Å². The summed E-state index contributed by atoms with van der Waals surface area (Å²) in [5.74, 6) is 1.51. The molecular formula is C14H14N4O4S. The Balaban J connectivity index is 2.22. The Labute approximate surface area is 135 Å². The summed E-state index contributed by atoms with van der Waals surface area (Å²) in [6, 6.07) is 3.54. The topological polar surface area (TPSA) is 87.8 Å². The van der Waals surface area contributed by atoms with Crippen molar-refractivity contribution in [1.29, 1.82) is 0 Å². The van der Waals surface area contributed by atoms with E-state index >= 15 is 0 Å². The number of rotatable bonds is 4. The molecule has 3 aromatic rings. The zero-order chi connectivity index (χ0) is 16.6. The smallest absolute Gasteiger partial charge is 0.296 e. The van der Waals surface area contributed by atoms with Crippen LogP contribution in [-0.2, 0) is 0 Å². The molecule has 8 nitrogen and oxygen atoms in total. The molecule has 0 spiro atoms. The molecule has 0 fully saturated rings. The Morgan fingerprint density at radius 3 is 2.26 bits per heavy atom. The molecule has 0 saturated carbocycles. The SMILES string of the molecule is COc1cc(-c2nn3c(=O)c(C)nnc3s2)cc(OC)c1OC. The first-order valence-electron chi connectivity index (χ1n) is 6.62. The highest BCUT2D eigenvalue weighted by Gasteiger charge is 2.17. The molecule has 1 aromatic carbocycles. The van der Waals surface area contributed by atoms with Crippen LogP contribution in [0.1, 0.15) is 5.69 Å². The third kappa shape index (κ3) is 2.48. The summed E-state index contributed by atoms with van der Waals surface area (Å²) < 4.78 is 17.2. The molecule has 2 heterocycles. The lowest BCUT2D eigenvalue weighted by Gasteiger charge is -2.13. The fraction of sp³-hybridized carbons (Fsp3) is 0.286. The fourth-order valence-electron chi connectivity index (χ4n) is 2.11. The number of hydrogen-bond donors (Lipinski definition) is 0. The number of aromatic nitrogens is 4. The van der Waals surface area contributed by atoms with Crippen LogP contribution < -0.4 is 19.8 Å². The molecule has 0 aliphatic heterocycles. The minimum atomic E-state index is -0.287. The van der Waals surface area contributed by atoms with Crippen molar-refractivity contribution in [3.63, 3.8) is 0 Å². The molecule has 0 saturated heterocycles. The summed E-state index contributed by atoms with van der Waals surface area (Å²) >= 11 is 1.25. The van der Waals surface area contributed by atoms with Gasteiger partial charge in [0.15, 0.2) is 11.5 Å². The van der Waals surface area contributed by atoms with Crippen molar-refractivity contribution in [2.24, 2.45) is 0 Å².